The number of anilines is 3. The summed E-state index contributed by atoms with van der Waals surface area (Å²) in [6, 6.07) is 14.9. The second-order valence-electron chi connectivity index (χ2n) is 6.80. The normalized spacial score (nSPS) is 10.6. The third-order valence-electron chi connectivity index (χ3n) is 4.09. The van der Waals surface area contributed by atoms with Gasteiger partial charge in [0.1, 0.15) is 11.4 Å². The van der Waals surface area contributed by atoms with Crippen LogP contribution in [-0.4, -0.2) is 22.0 Å². The van der Waals surface area contributed by atoms with Crippen LogP contribution in [0.5, 0.6) is 5.75 Å². The number of carbonyl (C=O) groups is 1. The second kappa shape index (κ2) is 8.52. The number of nitrogens with one attached hydrogen (secondary N) is 2. The fourth-order valence-electron chi connectivity index (χ4n) is 2.75. The topological polar surface area (TPSA) is 76.1 Å². The van der Waals surface area contributed by atoms with E-state index in [1.54, 1.807) is 24.4 Å². The first-order chi connectivity index (χ1) is 13.4. The molecule has 0 aliphatic rings. The molecular weight excluding hydrogens is 352 g/mol. The predicted molar refractivity (Wildman–Crippen MR) is 111 cm³/mol. The summed E-state index contributed by atoms with van der Waals surface area (Å²) in [5.41, 5.74) is 4.07. The molecule has 1 amide bonds. The third-order valence-corrected chi connectivity index (χ3v) is 4.09. The zero-order valence-electron chi connectivity index (χ0n) is 16.5. The molecule has 0 saturated carbocycles. The minimum Gasteiger partial charge on any atom is -0.491 e. The Kier molecular flexibility index (Phi) is 5.89. The first-order valence-corrected chi connectivity index (χ1v) is 9.17. The summed E-state index contributed by atoms with van der Waals surface area (Å²) in [5.74, 6) is 0.838. The van der Waals surface area contributed by atoms with Crippen molar-refractivity contribution < 1.29 is 9.53 Å². The summed E-state index contributed by atoms with van der Waals surface area (Å²) in [7, 11) is 0. The highest BCUT2D eigenvalue weighted by atomic mass is 16.5. The van der Waals surface area contributed by atoms with E-state index in [2.05, 4.69) is 20.6 Å². The Hall–Kier alpha value is -3.41. The molecule has 0 saturated heterocycles. The van der Waals surface area contributed by atoms with Crippen molar-refractivity contribution >= 4 is 23.2 Å². The summed E-state index contributed by atoms with van der Waals surface area (Å²) in [4.78, 5) is 21.1. The van der Waals surface area contributed by atoms with E-state index >= 15 is 0 Å². The third kappa shape index (κ3) is 4.85. The molecule has 6 heteroatoms. The molecule has 3 aromatic rings. The standard InChI is InChI=1S/C22H24N4O2/c1-14(2)28-18-10-8-17(9-11-18)24-21(27)19-12-13-23-22(25-19)26-20-15(3)6-5-7-16(20)4/h5-14H,1-4H3,(H,24,27)(H,23,25,26). The number of benzene rings is 2. The van der Waals surface area contributed by atoms with Crippen molar-refractivity contribution in [1.82, 2.24) is 9.97 Å². The Morgan fingerprint density at radius 3 is 2.32 bits per heavy atom. The van der Waals surface area contributed by atoms with Crippen LogP contribution in [0.3, 0.4) is 0 Å². The number of para-hydroxylation sites is 1. The summed E-state index contributed by atoms with van der Waals surface area (Å²) in [6.07, 6.45) is 1.67. The van der Waals surface area contributed by atoms with Gasteiger partial charge in [0.2, 0.25) is 5.95 Å². The van der Waals surface area contributed by atoms with Gasteiger partial charge in [-0.3, -0.25) is 4.79 Å². The molecule has 0 fully saturated rings. The summed E-state index contributed by atoms with van der Waals surface area (Å²) >= 11 is 0. The smallest absolute Gasteiger partial charge is 0.274 e. The van der Waals surface area contributed by atoms with Gasteiger partial charge in [-0.15, -0.1) is 0 Å². The molecule has 0 aliphatic carbocycles. The van der Waals surface area contributed by atoms with E-state index in [4.69, 9.17) is 4.74 Å². The number of ether oxygens (including phenoxy) is 1. The highest BCUT2D eigenvalue weighted by molar-refractivity contribution is 6.03. The number of rotatable bonds is 6. The van der Waals surface area contributed by atoms with E-state index in [9.17, 15) is 4.79 Å². The highest BCUT2D eigenvalue weighted by Gasteiger charge is 2.11. The van der Waals surface area contributed by atoms with Gasteiger partial charge in [-0.2, -0.15) is 0 Å². The van der Waals surface area contributed by atoms with Crippen LogP contribution in [0.1, 0.15) is 35.5 Å². The van der Waals surface area contributed by atoms with Crippen molar-refractivity contribution in [2.24, 2.45) is 0 Å². The van der Waals surface area contributed by atoms with Crippen molar-refractivity contribution in [3.63, 3.8) is 0 Å². The fourth-order valence-corrected chi connectivity index (χ4v) is 2.75. The van der Waals surface area contributed by atoms with E-state index in [1.165, 1.54) is 0 Å². The van der Waals surface area contributed by atoms with Crippen LogP contribution in [0.25, 0.3) is 0 Å². The minimum absolute atomic E-state index is 0.101. The molecule has 2 N–H and O–H groups in total. The summed E-state index contributed by atoms with van der Waals surface area (Å²) in [6.45, 7) is 7.96. The maximum atomic E-state index is 12.6. The van der Waals surface area contributed by atoms with Gasteiger partial charge in [0.05, 0.1) is 6.10 Å². The highest BCUT2D eigenvalue weighted by Crippen LogP contribution is 2.22. The van der Waals surface area contributed by atoms with E-state index < -0.39 is 0 Å². The van der Waals surface area contributed by atoms with E-state index in [0.717, 1.165) is 22.6 Å². The van der Waals surface area contributed by atoms with Gasteiger partial charge in [-0.25, -0.2) is 9.97 Å². The summed E-state index contributed by atoms with van der Waals surface area (Å²) in [5, 5.41) is 6.05. The molecule has 0 radical (unpaired) electrons. The van der Waals surface area contributed by atoms with Gasteiger partial charge in [0.15, 0.2) is 0 Å². The van der Waals surface area contributed by atoms with Crippen molar-refractivity contribution in [2.75, 3.05) is 10.6 Å². The molecule has 2 aromatic carbocycles. The molecule has 1 heterocycles. The van der Waals surface area contributed by atoms with Gasteiger partial charge < -0.3 is 15.4 Å². The number of amides is 1. The van der Waals surface area contributed by atoms with Gasteiger partial charge in [0, 0.05) is 17.6 Å². The number of aryl methyl sites for hydroxylation is 2. The second-order valence-corrected chi connectivity index (χ2v) is 6.80. The number of hydrogen-bond donors (Lipinski definition) is 2. The minimum atomic E-state index is -0.301. The average molecular weight is 376 g/mol. The van der Waals surface area contributed by atoms with Crippen LogP contribution in [-0.2, 0) is 0 Å². The average Bonchev–Trinajstić information content (AvgIpc) is 2.66. The van der Waals surface area contributed by atoms with Gasteiger partial charge in [-0.1, -0.05) is 18.2 Å². The molecular formula is C22H24N4O2. The molecule has 1 aromatic heterocycles. The lowest BCUT2D eigenvalue weighted by molar-refractivity contribution is 0.102. The lowest BCUT2D eigenvalue weighted by Gasteiger charge is -2.12. The number of hydrogen-bond acceptors (Lipinski definition) is 5. The lowest BCUT2D eigenvalue weighted by atomic mass is 10.1. The molecule has 0 atom stereocenters. The fraction of sp³-hybridized carbons (Fsp3) is 0.227. The Bertz CT molecular complexity index is 948. The van der Waals surface area contributed by atoms with Gasteiger partial charge >= 0.3 is 0 Å². The molecule has 0 bridgehead atoms. The molecule has 0 spiro atoms. The van der Waals surface area contributed by atoms with Crippen LogP contribution in [0, 0.1) is 13.8 Å². The van der Waals surface area contributed by atoms with Crippen molar-refractivity contribution in [3.8, 4) is 5.75 Å². The zero-order chi connectivity index (χ0) is 20.1. The Morgan fingerprint density at radius 1 is 1.00 bits per heavy atom. The van der Waals surface area contributed by atoms with E-state index in [-0.39, 0.29) is 17.7 Å². The van der Waals surface area contributed by atoms with Crippen LogP contribution in [0.15, 0.2) is 54.7 Å². The molecule has 3 rings (SSSR count). The Labute approximate surface area is 165 Å². The molecule has 6 nitrogen and oxygen atoms in total. The van der Waals surface area contributed by atoms with Crippen LogP contribution in [0.4, 0.5) is 17.3 Å². The Balaban J connectivity index is 1.72. The maximum absolute atomic E-state index is 12.6. The molecule has 0 aliphatic heterocycles. The molecule has 0 unspecified atom stereocenters. The van der Waals surface area contributed by atoms with E-state index in [1.807, 2.05) is 58.0 Å². The van der Waals surface area contributed by atoms with Crippen LogP contribution >= 0.6 is 0 Å². The quantitative estimate of drug-likeness (QED) is 0.641. The van der Waals surface area contributed by atoms with Gasteiger partial charge in [0.25, 0.3) is 5.91 Å². The molecule has 144 valence electrons. The van der Waals surface area contributed by atoms with Gasteiger partial charge in [-0.05, 0) is 69.2 Å². The SMILES string of the molecule is Cc1cccc(C)c1Nc1nccc(C(=O)Nc2ccc(OC(C)C)cc2)n1. The number of aromatic nitrogens is 2. The number of nitrogens with zero attached hydrogens (tertiary/aromatic N) is 2. The Morgan fingerprint density at radius 2 is 1.68 bits per heavy atom. The largest absolute Gasteiger partial charge is 0.491 e. The van der Waals surface area contributed by atoms with E-state index in [0.29, 0.717) is 11.6 Å². The van der Waals surface area contributed by atoms with Crippen molar-refractivity contribution in [2.45, 2.75) is 33.8 Å². The summed E-state index contributed by atoms with van der Waals surface area (Å²) < 4.78 is 5.61. The van der Waals surface area contributed by atoms with Crippen LogP contribution < -0.4 is 15.4 Å². The first kappa shape index (κ1) is 19.4. The number of carbonyl (C=O) groups excluding carboxylic acids is 1. The predicted octanol–water partition coefficient (Wildman–Crippen LogP) is 4.88. The van der Waals surface area contributed by atoms with Crippen molar-refractivity contribution in [1.29, 1.82) is 0 Å². The molecule has 28 heavy (non-hydrogen) atoms. The van der Waals surface area contributed by atoms with Crippen LogP contribution in [0.2, 0.25) is 0 Å². The maximum Gasteiger partial charge on any atom is 0.274 e. The zero-order valence-corrected chi connectivity index (χ0v) is 16.5. The monoisotopic (exact) mass is 376 g/mol. The first-order valence-electron chi connectivity index (χ1n) is 9.17. The van der Waals surface area contributed by atoms with Crippen molar-refractivity contribution in [3.05, 3.63) is 71.5 Å². The lowest BCUT2D eigenvalue weighted by Crippen LogP contribution is -2.15.